The number of nitrogens with zero attached hydrogens (tertiary/aromatic N) is 1. The van der Waals surface area contributed by atoms with Crippen molar-refractivity contribution < 1.29 is 14.0 Å². The maximum absolute atomic E-state index is 13.4. The van der Waals surface area contributed by atoms with Crippen LogP contribution in [-0.2, 0) is 23.2 Å². The number of ether oxygens (including phenoxy) is 1. The Kier molecular flexibility index (Phi) is 3.73. The van der Waals surface area contributed by atoms with Gasteiger partial charge in [-0.3, -0.25) is 4.79 Å². The molecule has 2 aromatic carbocycles. The lowest BCUT2D eigenvalue weighted by atomic mass is 9.63. The Morgan fingerprint density at radius 1 is 1.20 bits per heavy atom. The van der Waals surface area contributed by atoms with Crippen molar-refractivity contribution in [3.8, 4) is 5.75 Å². The van der Waals surface area contributed by atoms with Crippen molar-refractivity contribution in [2.75, 3.05) is 20.7 Å². The van der Waals surface area contributed by atoms with Gasteiger partial charge in [-0.1, -0.05) is 36.4 Å². The van der Waals surface area contributed by atoms with Crippen molar-refractivity contribution in [1.82, 2.24) is 0 Å². The predicted molar refractivity (Wildman–Crippen MR) is 98.7 cm³/mol. The quantitative estimate of drug-likeness (QED) is 0.802. The third kappa shape index (κ3) is 2.49. The number of quaternary nitrogens is 1. The maximum Gasteiger partial charge on any atom is 0.200 e. The summed E-state index contributed by atoms with van der Waals surface area (Å²) >= 11 is 0. The minimum absolute atomic E-state index is 0.0415. The van der Waals surface area contributed by atoms with E-state index >= 15 is 0 Å². The zero-order valence-corrected chi connectivity index (χ0v) is 15.3. The number of likely N-dealkylation sites (N-methyl/N-ethyl adjacent to an activating group) is 1. The number of hydrogen-bond acceptors (Lipinski definition) is 2. The number of ketones is 1. The van der Waals surface area contributed by atoms with Crippen LogP contribution in [-0.4, -0.2) is 37.0 Å². The summed E-state index contributed by atoms with van der Waals surface area (Å²) in [7, 11) is 3.94. The Balaban J connectivity index is 1.73. The molecule has 130 valence electrons. The van der Waals surface area contributed by atoms with Crippen LogP contribution in [0.1, 0.15) is 30.0 Å². The molecule has 1 aliphatic carbocycles. The molecule has 4 rings (SSSR count). The molecule has 0 saturated carbocycles. The van der Waals surface area contributed by atoms with Crippen LogP contribution in [0.3, 0.4) is 0 Å². The molecular weight excluding hydrogens is 310 g/mol. The smallest absolute Gasteiger partial charge is 0.200 e. The van der Waals surface area contributed by atoms with Gasteiger partial charge in [0.2, 0.25) is 5.78 Å². The van der Waals surface area contributed by atoms with Gasteiger partial charge in [0.05, 0.1) is 26.1 Å². The van der Waals surface area contributed by atoms with Gasteiger partial charge in [0.25, 0.3) is 0 Å². The normalized spacial score (nSPS) is 30.7. The summed E-state index contributed by atoms with van der Waals surface area (Å²) in [4.78, 5) is 13.4. The minimum atomic E-state index is -0.374. The second-order valence-electron chi connectivity index (χ2n) is 8.04. The third-order valence-corrected chi connectivity index (χ3v) is 6.43. The highest BCUT2D eigenvalue weighted by atomic mass is 16.5. The van der Waals surface area contributed by atoms with Crippen molar-refractivity contribution in [3.05, 3.63) is 65.2 Å². The van der Waals surface area contributed by atoms with Crippen LogP contribution in [0.4, 0.5) is 0 Å². The summed E-state index contributed by atoms with van der Waals surface area (Å²) in [6.07, 6.45) is 1.73. The number of rotatable bonds is 3. The van der Waals surface area contributed by atoms with Crippen molar-refractivity contribution in [3.63, 3.8) is 0 Å². The summed E-state index contributed by atoms with van der Waals surface area (Å²) in [5.74, 6) is 1.25. The Morgan fingerprint density at radius 3 is 2.68 bits per heavy atom. The van der Waals surface area contributed by atoms with Gasteiger partial charge < -0.3 is 9.22 Å². The maximum atomic E-state index is 13.4. The number of Topliss-reactive ketones (excluding diaryl/α,β-unsaturated/α-hetero) is 1. The minimum Gasteiger partial charge on any atom is -0.497 e. The fourth-order valence-electron chi connectivity index (χ4n) is 4.76. The molecule has 3 nitrogen and oxygen atoms in total. The van der Waals surface area contributed by atoms with Gasteiger partial charge in [0.1, 0.15) is 12.3 Å². The van der Waals surface area contributed by atoms with Gasteiger partial charge in [-0.05, 0) is 30.2 Å². The molecule has 0 spiro atoms. The third-order valence-electron chi connectivity index (χ3n) is 6.43. The van der Waals surface area contributed by atoms with Crippen molar-refractivity contribution in [1.29, 1.82) is 0 Å². The lowest BCUT2D eigenvalue weighted by molar-refractivity contribution is -0.941. The lowest BCUT2D eigenvalue weighted by Gasteiger charge is -2.52. The van der Waals surface area contributed by atoms with Gasteiger partial charge in [-0.2, -0.15) is 0 Å². The van der Waals surface area contributed by atoms with Crippen LogP contribution in [0.5, 0.6) is 5.75 Å². The molecule has 2 aromatic rings. The molecule has 0 N–H and O–H groups in total. The summed E-state index contributed by atoms with van der Waals surface area (Å²) in [6.45, 7) is 4.07. The van der Waals surface area contributed by atoms with E-state index in [4.69, 9.17) is 4.74 Å². The standard InChI is InChI=1S/C22H26NO2/c1-22-11-12-23(2,15-16-7-5-4-6-8-16)20(21(22)24)13-17-9-10-18(25-3)14-19(17)22/h4-10,14,20H,11-13,15H2,1-3H3/q+1. The number of carbonyl (C=O) groups excluding carboxylic acids is 1. The van der Waals surface area contributed by atoms with E-state index in [9.17, 15) is 4.79 Å². The molecule has 1 heterocycles. The van der Waals surface area contributed by atoms with E-state index in [0.717, 1.165) is 36.2 Å². The molecule has 3 atom stereocenters. The second kappa shape index (κ2) is 5.70. The van der Waals surface area contributed by atoms with E-state index in [0.29, 0.717) is 5.78 Å². The molecular formula is C22H26NO2+. The van der Waals surface area contributed by atoms with Crippen LogP contribution in [0.15, 0.2) is 48.5 Å². The zero-order valence-electron chi connectivity index (χ0n) is 15.3. The lowest BCUT2D eigenvalue weighted by Crippen LogP contribution is -2.67. The first-order chi connectivity index (χ1) is 12.0. The number of hydrogen-bond donors (Lipinski definition) is 0. The molecule has 2 aliphatic rings. The summed E-state index contributed by atoms with van der Waals surface area (Å²) in [5, 5.41) is 0. The van der Waals surface area contributed by atoms with E-state index < -0.39 is 0 Å². The molecule has 3 unspecified atom stereocenters. The molecule has 0 aromatic heterocycles. The Hall–Kier alpha value is -2.13. The molecule has 0 radical (unpaired) electrons. The fraction of sp³-hybridized carbons (Fsp3) is 0.409. The van der Waals surface area contributed by atoms with Crippen molar-refractivity contribution in [2.24, 2.45) is 0 Å². The number of benzene rings is 2. The van der Waals surface area contributed by atoms with Crippen molar-refractivity contribution in [2.45, 2.75) is 37.8 Å². The number of fused-ring (bicyclic) bond motifs is 4. The highest BCUT2D eigenvalue weighted by Gasteiger charge is 2.56. The Morgan fingerprint density at radius 2 is 1.96 bits per heavy atom. The highest BCUT2D eigenvalue weighted by Crippen LogP contribution is 2.46. The Labute approximate surface area is 149 Å². The van der Waals surface area contributed by atoms with Crippen molar-refractivity contribution >= 4 is 5.78 Å². The van der Waals surface area contributed by atoms with E-state index in [1.165, 1.54) is 16.7 Å². The molecule has 1 saturated heterocycles. The molecule has 2 bridgehead atoms. The molecule has 1 aliphatic heterocycles. The predicted octanol–water partition coefficient (Wildman–Crippen LogP) is 3.50. The average Bonchev–Trinajstić information content (AvgIpc) is 2.62. The van der Waals surface area contributed by atoms with Crippen LogP contribution < -0.4 is 4.74 Å². The summed E-state index contributed by atoms with van der Waals surface area (Å²) in [5.41, 5.74) is 3.42. The van der Waals surface area contributed by atoms with Gasteiger partial charge in [-0.25, -0.2) is 0 Å². The van der Waals surface area contributed by atoms with Crippen LogP contribution in [0.25, 0.3) is 0 Å². The van der Waals surface area contributed by atoms with E-state index in [-0.39, 0.29) is 11.5 Å². The van der Waals surface area contributed by atoms with Crippen LogP contribution in [0, 0.1) is 0 Å². The molecule has 25 heavy (non-hydrogen) atoms. The first kappa shape index (κ1) is 16.3. The summed E-state index contributed by atoms with van der Waals surface area (Å²) < 4.78 is 6.21. The fourth-order valence-corrected chi connectivity index (χ4v) is 4.76. The number of likely N-dealkylation sites (tertiary alicyclic amines) is 1. The number of piperidine rings is 1. The number of carbonyl (C=O) groups is 1. The first-order valence-electron chi connectivity index (χ1n) is 9.06. The van der Waals surface area contributed by atoms with Crippen LogP contribution in [0.2, 0.25) is 0 Å². The monoisotopic (exact) mass is 336 g/mol. The van der Waals surface area contributed by atoms with Gasteiger partial charge in [0.15, 0.2) is 6.04 Å². The van der Waals surface area contributed by atoms with Gasteiger partial charge in [-0.15, -0.1) is 0 Å². The first-order valence-corrected chi connectivity index (χ1v) is 9.06. The highest BCUT2D eigenvalue weighted by molar-refractivity contribution is 5.96. The second-order valence-corrected chi connectivity index (χ2v) is 8.04. The average molecular weight is 336 g/mol. The van der Waals surface area contributed by atoms with E-state index in [1.54, 1.807) is 7.11 Å². The molecule has 3 heteroatoms. The Bertz CT molecular complexity index is 816. The van der Waals surface area contributed by atoms with E-state index in [1.807, 2.05) is 12.1 Å². The van der Waals surface area contributed by atoms with Crippen LogP contribution >= 0.6 is 0 Å². The van der Waals surface area contributed by atoms with Gasteiger partial charge >= 0.3 is 0 Å². The largest absolute Gasteiger partial charge is 0.497 e. The molecule has 0 amide bonds. The van der Waals surface area contributed by atoms with E-state index in [2.05, 4.69) is 50.4 Å². The SMILES string of the molecule is COc1ccc2c(c1)C1(C)CC[N+](C)(Cc3ccccc3)C(C2)C1=O. The number of methoxy groups -OCH3 is 1. The van der Waals surface area contributed by atoms with Gasteiger partial charge in [0, 0.05) is 18.4 Å². The summed E-state index contributed by atoms with van der Waals surface area (Å²) in [6, 6.07) is 16.9. The topological polar surface area (TPSA) is 26.3 Å². The molecule has 1 fully saturated rings. The zero-order chi connectivity index (χ0) is 17.7.